The second-order valence-electron chi connectivity index (χ2n) is 6.03. The average Bonchev–Trinajstić information content (AvgIpc) is 2.64. The van der Waals surface area contributed by atoms with Gasteiger partial charge in [-0.25, -0.2) is 4.57 Å². The Morgan fingerprint density at radius 2 is 1.78 bits per heavy atom. The van der Waals surface area contributed by atoms with Crippen LogP contribution in [-0.2, 0) is 34.7 Å². The van der Waals surface area contributed by atoms with Crippen LogP contribution in [0.1, 0.15) is 37.7 Å². The fourth-order valence-corrected chi connectivity index (χ4v) is 2.58. The van der Waals surface area contributed by atoms with Crippen LogP contribution < -0.4 is 0 Å². The third-order valence-electron chi connectivity index (χ3n) is 3.73. The SMILES string of the molecule is COC(COCCCCCCC(=O)OCc1ccccc1)COP(=O)(O)O. The Balaban J connectivity index is 1.96. The number of benzene rings is 1. The summed E-state index contributed by atoms with van der Waals surface area (Å²) in [6, 6.07) is 9.57. The molecule has 0 aromatic heterocycles. The highest BCUT2D eigenvalue weighted by atomic mass is 31.2. The van der Waals surface area contributed by atoms with Crippen molar-refractivity contribution in [3.8, 4) is 0 Å². The van der Waals surface area contributed by atoms with Crippen molar-refractivity contribution < 1.29 is 37.9 Å². The van der Waals surface area contributed by atoms with Crippen molar-refractivity contribution in [1.82, 2.24) is 0 Å². The number of carbonyl (C=O) groups excluding carboxylic acids is 1. The van der Waals surface area contributed by atoms with Crippen LogP contribution in [0.2, 0.25) is 0 Å². The molecule has 0 fully saturated rings. The molecule has 0 spiro atoms. The molecule has 0 aliphatic rings. The van der Waals surface area contributed by atoms with Crippen LogP contribution in [0.3, 0.4) is 0 Å². The van der Waals surface area contributed by atoms with E-state index in [4.69, 9.17) is 24.0 Å². The lowest BCUT2D eigenvalue weighted by molar-refractivity contribution is -0.145. The van der Waals surface area contributed by atoms with Crippen molar-refractivity contribution in [2.75, 3.05) is 26.9 Å². The van der Waals surface area contributed by atoms with Crippen LogP contribution in [0.15, 0.2) is 30.3 Å². The van der Waals surface area contributed by atoms with E-state index < -0.39 is 13.9 Å². The molecule has 1 aromatic rings. The van der Waals surface area contributed by atoms with E-state index in [0.717, 1.165) is 31.2 Å². The third-order valence-corrected chi connectivity index (χ3v) is 4.21. The molecular formula is C18H29O8P. The van der Waals surface area contributed by atoms with E-state index in [9.17, 15) is 9.36 Å². The molecule has 1 rings (SSSR count). The fraction of sp³-hybridized carbons (Fsp3) is 0.611. The predicted molar refractivity (Wildman–Crippen MR) is 98.9 cm³/mol. The Labute approximate surface area is 160 Å². The Bertz CT molecular complexity index is 560. The van der Waals surface area contributed by atoms with Gasteiger partial charge in [0.05, 0.1) is 13.2 Å². The van der Waals surface area contributed by atoms with Crippen LogP contribution in [0.25, 0.3) is 0 Å². The minimum absolute atomic E-state index is 0.192. The number of carbonyl (C=O) groups is 1. The topological polar surface area (TPSA) is 112 Å². The molecule has 1 aromatic carbocycles. The summed E-state index contributed by atoms with van der Waals surface area (Å²) in [4.78, 5) is 29.0. The van der Waals surface area contributed by atoms with E-state index in [1.807, 2.05) is 30.3 Å². The molecule has 8 nitrogen and oxygen atoms in total. The van der Waals surface area contributed by atoms with Crippen molar-refractivity contribution >= 4 is 13.8 Å². The highest BCUT2D eigenvalue weighted by Crippen LogP contribution is 2.35. The monoisotopic (exact) mass is 404 g/mol. The van der Waals surface area contributed by atoms with Gasteiger partial charge in [-0.1, -0.05) is 43.2 Å². The van der Waals surface area contributed by atoms with Crippen molar-refractivity contribution in [2.24, 2.45) is 0 Å². The zero-order valence-electron chi connectivity index (χ0n) is 15.6. The molecular weight excluding hydrogens is 375 g/mol. The summed E-state index contributed by atoms with van der Waals surface area (Å²) in [5.41, 5.74) is 0.976. The van der Waals surface area contributed by atoms with Crippen molar-refractivity contribution in [3.05, 3.63) is 35.9 Å². The molecule has 0 heterocycles. The molecule has 2 N–H and O–H groups in total. The highest BCUT2D eigenvalue weighted by Gasteiger charge is 2.18. The number of ether oxygens (including phenoxy) is 3. The molecule has 0 saturated carbocycles. The standard InChI is InChI=1S/C18H29O8P/c1-23-17(15-26-27(20,21)22)14-24-12-8-3-2-7-11-18(19)25-13-16-9-5-4-6-10-16/h4-6,9-10,17H,2-3,7-8,11-15H2,1H3,(H2,20,21,22). The number of methoxy groups -OCH3 is 1. The maximum absolute atomic E-state index is 11.7. The molecule has 0 amide bonds. The van der Waals surface area contributed by atoms with Gasteiger partial charge >= 0.3 is 13.8 Å². The first-order valence-electron chi connectivity index (χ1n) is 8.91. The third kappa shape index (κ3) is 13.5. The van der Waals surface area contributed by atoms with E-state index in [1.165, 1.54) is 7.11 Å². The summed E-state index contributed by atoms with van der Waals surface area (Å²) in [5.74, 6) is -0.192. The number of phosphoric acid groups is 1. The Morgan fingerprint density at radius 1 is 1.07 bits per heavy atom. The predicted octanol–water partition coefficient (Wildman–Crippen LogP) is 2.82. The first-order chi connectivity index (χ1) is 12.9. The average molecular weight is 404 g/mol. The summed E-state index contributed by atoms with van der Waals surface area (Å²) in [5, 5.41) is 0. The Kier molecular flexibility index (Phi) is 12.2. The van der Waals surface area contributed by atoms with Crippen LogP contribution in [0, 0.1) is 0 Å². The lowest BCUT2D eigenvalue weighted by Gasteiger charge is -2.16. The van der Waals surface area contributed by atoms with Gasteiger partial charge in [0.1, 0.15) is 12.7 Å². The summed E-state index contributed by atoms with van der Waals surface area (Å²) in [6.07, 6.45) is 3.29. The molecule has 1 unspecified atom stereocenters. The van der Waals surface area contributed by atoms with Crippen LogP contribution >= 0.6 is 7.82 Å². The molecule has 0 aliphatic carbocycles. The molecule has 0 aliphatic heterocycles. The number of hydrogen-bond donors (Lipinski definition) is 2. The maximum Gasteiger partial charge on any atom is 0.469 e. The van der Waals surface area contributed by atoms with Gasteiger partial charge in [0, 0.05) is 20.1 Å². The van der Waals surface area contributed by atoms with Crippen molar-refractivity contribution in [1.29, 1.82) is 0 Å². The zero-order valence-corrected chi connectivity index (χ0v) is 16.5. The Morgan fingerprint density at radius 3 is 2.44 bits per heavy atom. The van der Waals surface area contributed by atoms with Gasteiger partial charge in [-0.2, -0.15) is 0 Å². The first kappa shape index (κ1) is 23.8. The van der Waals surface area contributed by atoms with Gasteiger partial charge in [0.25, 0.3) is 0 Å². The maximum atomic E-state index is 11.7. The first-order valence-corrected chi connectivity index (χ1v) is 10.4. The molecule has 154 valence electrons. The fourth-order valence-electron chi connectivity index (χ4n) is 2.22. The summed E-state index contributed by atoms with van der Waals surface area (Å²) >= 11 is 0. The molecule has 0 radical (unpaired) electrons. The second-order valence-corrected chi connectivity index (χ2v) is 7.27. The number of unbranched alkanes of at least 4 members (excludes halogenated alkanes) is 3. The largest absolute Gasteiger partial charge is 0.469 e. The van der Waals surface area contributed by atoms with Crippen LogP contribution in [0.4, 0.5) is 0 Å². The van der Waals surface area contributed by atoms with Gasteiger partial charge in [-0.3, -0.25) is 9.32 Å². The van der Waals surface area contributed by atoms with Gasteiger partial charge in [-0.15, -0.1) is 0 Å². The summed E-state index contributed by atoms with van der Waals surface area (Å²) in [7, 11) is -3.07. The zero-order chi connectivity index (χ0) is 20.0. The van der Waals surface area contributed by atoms with Crippen molar-refractivity contribution in [2.45, 2.75) is 44.8 Å². The molecule has 0 saturated heterocycles. The minimum Gasteiger partial charge on any atom is -0.461 e. The highest BCUT2D eigenvalue weighted by molar-refractivity contribution is 7.46. The normalized spacial score (nSPS) is 12.7. The van der Waals surface area contributed by atoms with Gasteiger partial charge in [0.15, 0.2) is 0 Å². The molecule has 1 atom stereocenters. The summed E-state index contributed by atoms with van der Waals surface area (Å²) in [6.45, 7) is 0.780. The Hall–Kier alpha value is -1.28. The second kappa shape index (κ2) is 13.8. The lowest BCUT2D eigenvalue weighted by Crippen LogP contribution is -2.24. The number of phosphoric ester groups is 1. The van der Waals surface area contributed by atoms with Gasteiger partial charge in [-0.05, 0) is 18.4 Å². The van der Waals surface area contributed by atoms with Gasteiger partial charge < -0.3 is 24.0 Å². The van der Waals surface area contributed by atoms with E-state index in [1.54, 1.807) is 0 Å². The minimum atomic E-state index is -4.49. The van der Waals surface area contributed by atoms with E-state index >= 15 is 0 Å². The quantitative estimate of drug-likeness (QED) is 0.261. The smallest absolute Gasteiger partial charge is 0.461 e. The molecule has 0 bridgehead atoms. The summed E-state index contributed by atoms with van der Waals surface area (Å²) < 4.78 is 30.7. The van der Waals surface area contributed by atoms with E-state index in [0.29, 0.717) is 19.6 Å². The van der Waals surface area contributed by atoms with E-state index in [-0.39, 0.29) is 19.2 Å². The van der Waals surface area contributed by atoms with Gasteiger partial charge in [0.2, 0.25) is 0 Å². The molecule has 9 heteroatoms. The number of hydrogen-bond acceptors (Lipinski definition) is 6. The molecule has 27 heavy (non-hydrogen) atoms. The van der Waals surface area contributed by atoms with Crippen LogP contribution in [-0.4, -0.2) is 48.8 Å². The van der Waals surface area contributed by atoms with Crippen LogP contribution in [0.5, 0.6) is 0 Å². The number of rotatable bonds is 15. The van der Waals surface area contributed by atoms with Crippen molar-refractivity contribution in [3.63, 3.8) is 0 Å². The number of esters is 1. The lowest BCUT2D eigenvalue weighted by atomic mass is 10.1. The van der Waals surface area contributed by atoms with E-state index in [2.05, 4.69) is 4.52 Å².